The molecule has 0 spiro atoms. The zero-order valence-corrected chi connectivity index (χ0v) is 13.9. The molecule has 118 valence electrons. The van der Waals surface area contributed by atoms with Crippen LogP contribution in [0.25, 0.3) is 0 Å². The molecule has 0 amide bonds. The van der Waals surface area contributed by atoms with Crippen LogP contribution in [0.2, 0.25) is 0 Å². The van der Waals surface area contributed by atoms with Gasteiger partial charge in [-0.05, 0) is 51.3 Å². The number of nitrogens with zero attached hydrogens (tertiary/aromatic N) is 1. The number of hydrogen-bond acceptors (Lipinski definition) is 3. The molecular weight excluding hydrogens is 260 g/mol. The van der Waals surface area contributed by atoms with E-state index in [4.69, 9.17) is 4.74 Å². The maximum absolute atomic E-state index is 5.96. The Balaban J connectivity index is 2.09. The Labute approximate surface area is 129 Å². The van der Waals surface area contributed by atoms with Crippen molar-refractivity contribution in [1.82, 2.24) is 5.32 Å². The molecule has 21 heavy (non-hydrogen) atoms. The summed E-state index contributed by atoms with van der Waals surface area (Å²) in [6.45, 7) is 12.2. The van der Waals surface area contributed by atoms with Crippen molar-refractivity contribution in [1.29, 1.82) is 0 Å². The predicted molar refractivity (Wildman–Crippen MR) is 90.3 cm³/mol. The summed E-state index contributed by atoms with van der Waals surface area (Å²) < 4.78 is 5.96. The van der Waals surface area contributed by atoms with Gasteiger partial charge in [0.05, 0.1) is 6.10 Å². The minimum absolute atomic E-state index is 0.274. The van der Waals surface area contributed by atoms with Gasteiger partial charge in [0.2, 0.25) is 0 Å². The van der Waals surface area contributed by atoms with Crippen molar-refractivity contribution in [3.05, 3.63) is 24.3 Å². The fourth-order valence-electron chi connectivity index (χ4n) is 2.69. The highest BCUT2D eigenvalue weighted by atomic mass is 16.5. The normalized spacial score (nSPS) is 25.0. The highest BCUT2D eigenvalue weighted by molar-refractivity contribution is 5.51. The second kappa shape index (κ2) is 7.69. The van der Waals surface area contributed by atoms with Gasteiger partial charge in [0.1, 0.15) is 5.75 Å². The molecule has 1 aromatic carbocycles. The smallest absolute Gasteiger partial charge is 0.121 e. The van der Waals surface area contributed by atoms with Crippen molar-refractivity contribution in [2.45, 2.75) is 52.7 Å². The molecule has 1 aliphatic heterocycles. The van der Waals surface area contributed by atoms with Gasteiger partial charge in [-0.15, -0.1) is 0 Å². The third kappa shape index (κ3) is 4.92. The largest absolute Gasteiger partial charge is 0.491 e. The molecular formula is C18H30N2O. The monoisotopic (exact) mass is 290 g/mol. The fourth-order valence-corrected chi connectivity index (χ4v) is 2.69. The molecule has 1 aromatic rings. The van der Waals surface area contributed by atoms with Crippen LogP contribution < -0.4 is 15.0 Å². The highest BCUT2D eigenvalue weighted by Gasteiger charge is 2.17. The van der Waals surface area contributed by atoms with Crippen molar-refractivity contribution in [3.8, 4) is 5.75 Å². The van der Waals surface area contributed by atoms with Crippen LogP contribution in [0, 0.1) is 5.92 Å². The van der Waals surface area contributed by atoms with Crippen LogP contribution >= 0.6 is 0 Å². The minimum atomic E-state index is 0.274. The maximum atomic E-state index is 5.96. The fraction of sp³-hybridized carbons (Fsp3) is 0.667. The van der Waals surface area contributed by atoms with Gasteiger partial charge in [0.15, 0.2) is 0 Å². The highest BCUT2D eigenvalue weighted by Crippen LogP contribution is 2.24. The van der Waals surface area contributed by atoms with E-state index in [2.05, 4.69) is 62.2 Å². The minimum Gasteiger partial charge on any atom is -0.491 e. The molecule has 1 saturated heterocycles. The Morgan fingerprint density at radius 1 is 1.38 bits per heavy atom. The summed E-state index contributed by atoms with van der Waals surface area (Å²) in [5, 5.41) is 3.60. The second-order valence-electron chi connectivity index (χ2n) is 6.48. The van der Waals surface area contributed by atoms with Gasteiger partial charge in [-0.1, -0.05) is 19.9 Å². The average Bonchev–Trinajstić information content (AvgIpc) is 2.47. The first-order valence-corrected chi connectivity index (χ1v) is 8.33. The molecule has 1 heterocycles. The number of ether oxygens (including phenoxy) is 1. The number of hydrogen-bond donors (Lipinski definition) is 1. The standard InChI is InChI=1S/C18H30N2O/c1-5-16(4)21-18-8-6-7-17(11-18)20-10-9-15(3)19-12-14(2)13-20/h6-8,11,14-16,19H,5,9-10,12-13H2,1-4H3. The first-order valence-electron chi connectivity index (χ1n) is 8.33. The number of nitrogens with one attached hydrogen (secondary N) is 1. The van der Waals surface area contributed by atoms with Crippen molar-refractivity contribution in [2.24, 2.45) is 5.92 Å². The van der Waals surface area contributed by atoms with Gasteiger partial charge in [-0.3, -0.25) is 0 Å². The van der Waals surface area contributed by atoms with Gasteiger partial charge in [-0.25, -0.2) is 0 Å². The zero-order valence-electron chi connectivity index (χ0n) is 13.9. The Bertz CT molecular complexity index is 435. The Morgan fingerprint density at radius 3 is 2.95 bits per heavy atom. The van der Waals surface area contributed by atoms with E-state index in [9.17, 15) is 0 Å². The molecule has 0 saturated carbocycles. The van der Waals surface area contributed by atoms with E-state index < -0.39 is 0 Å². The summed E-state index contributed by atoms with van der Waals surface area (Å²) >= 11 is 0. The number of anilines is 1. The molecule has 0 bridgehead atoms. The first kappa shape index (κ1) is 16.2. The SMILES string of the molecule is CCC(C)Oc1cccc(N2CCC(C)NCC(C)C2)c1. The summed E-state index contributed by atoms with van der Waals surface area (Å²) in [7, 11) is 0. The van der Waals surface area contributed by atoms with E-state index in [-0.39, 0.29) is 6.10 Å². The van der Waals surface area contributed by atoms with Gasteiger partial charge >= 0.3 is 0 Å². The predicted octanol–water partition coefficient (Wildman–Crippen LogP) is 3.69. The van der Waals surface area contributed by atoms with Gasteiger partial charge in [0, 0.05) is 30.9 Å². The zero-order chi connectivity index (χ0) is 15.2. The van der Waals surface area contributed by atoms with Crippen molar-refractivity contribution >= 4 is 5.69 Å². The van der Waals surface area contributed by atoms with E-state index in [1.54, 1.807) is 0 Å². The first-order chi connectivity index (χ1) is 10.1. The Kier molecular flexibility index (Phi) is 5.92. The molecule has 0 aromatic heterocycles. The van der Waals surface area contributed by atoms with Crippen LogP contribution in [-0.2, 0) is 0 Å². The third-order valence-electron chi connectivity index (χ3n) is 4.27. The van der Waals surface area contributed by atoms with E-state index in [1.165, 1.54) is 12.1 Å². The summed E-state index contributed by atoms with van der Waals surface area (Å²) in [5.41, 5.74) is 1.29. The summed E-state index contributed by atoms with van der Waals surface area (Å²) in [5.74, 6) is 1.65. The maximum Gasteiger partial charge on any atom is 0.121 e. The lowest BCUT2D eigenvalue weighted by molar-refractivity contribution is 0.217. The van der Waals surface area contributed by atoms with E-state index >= 15 is 0 Å². The molecule has 3 atom stereocenters. The Hall–Kier alpha value is -1.22. The number of benzene rings is 1. The molecule has 1 aliphatic rings. The van der Waals surface area contributed by atoms with Crippen LogP contribution in [0.3, 0.4) is 0 Å². The lowest BCUT2D eigenvalue weighted by Gasteiger charge is -2.33. The molecule has 3 nitrogen and oxygen atoms in total. The molecule has 0 aliphatic carbocycles. The van der Waals surface area contributed by atoms with Crippen LogP contribution in [-0.4, -0.2) is 31.8 Å². The lowest BCUT2D eigenvalue weighted by atomic mass is 10.1. The van der Waals surface area contributed by atoms with Gasteiger partial charge < -0.3 is 15.0 Å². The van der Waals surface area contributed by atoms with E-state index in [0.717, 1.165) is 31.8 Å². The summed E-state index contributed by atoms with van der Waals surface area (Å²) in [6.07, 6.45) is 2.49. The molecule has 3 unspecified atom stereocenters. The van der Waals surface area contributed by atoms with Crippen LogP contribution in [0.1, 0.15) is 40.5 Å². The van der Waals surface area contributed by atoms with Crippen LogP contribution in [0.15, 0.2) is 24.3 Å². The van der Waals surface area contributed by atoms with Crippen molar-refractivity contribution in [2.75, 3.05) is 24.5 Å². The number of rotatable bonds is 4. The van der Waals surface area contributed by atoms with Crippen molar-refractivity contribution in [3.63, 3.8) is 0 Å². The average molecular weight is 290 g/mol. The van der Waals surface area contributed by atoms with Gasteiger partial charge in [-0.2, -0.15) is 0 Å². The topological polar surface area (TPSA) is 24.5 Å². The molecule has 2 rings (SSSR count). The Morgan fingerprint density at radius 2 is 2.19 bits per heavy atom. The lowest BCUT2D eigenvalue weighted by Crippen LogP contribution is -2.42. The van der Waals surface area contributed by atoms with Crippen LogP contribution in [0.4, 0.5) is 5.69 Å². The van der Waals surface area contributed by atoms with E-state index in [0.29, 0.717) is 12.0 Å². The summed E-state index contributed by atoms with van der Waals surface area (Å²) in [6, 6.07) is 9.16. The quantitative estimate of drug-likeness (QED) is 0.915. The van der Waals surface area contributed by atoms with E-state index in [1.807, 2.05) is 0 Å². The van der Waals surface area contributed by atoms with Crippen LogP contribution in [0.5, 0.6) is 5.75 Å². The molecule has 1 fully saturated rings. The van der Waals surface area contributed by atoms with Crippen molar-refractivity contribution < 1.29 is 4.74 Å². The second-order valence-corrected chi connectivity index (χ2v) is 6.48. The molecule has 1 N–H and O–H groups in total. The molecule has 3 heteroatoms. The molecule has 0 radical (unpaired) electrons. The van der Waals surface area contributed by atoms with Gasteiger partial charge in [0.25, 0.3) is 0 Å². The summed E-state index contributed by atoms with van der Waals surface area (Å²) in [4.78, 5) is 2.51. The third-order valence-corrected chi connectivity index (χ3v) is 4.27.